The number of epoxide rings is 1. The summed E-state index contributed by atoms with van der Waals surface area (Å²) >= 11 is 0. The Morgan fingerprint density at radius 1 is 1.23 bits per heavy atom. The minimum Gasteiger partial charge on any atom is -0.465 e. The largest absolute Gasteiger partial charge is 0.465 e. The predicted molar refractivity (Wildman–Crippen MR) is 105 cm³/mol. The van der Waals surface area contributed by atoms with E-state index < -0.39 is 58.9 Å². The van der Waals surface area contributed by atoms with Gasteiger partial charge in [-0.05, 0) is 12.5 Å². The number of aliphatic hydroxyl groups is 1. The van der Waals surface area contributed by atoms with Crippen molar-refractivity contribution >= 4 is 17.9 Å². The Labute approximate surface area is 181 Å². The summed E-state index contributed by atoms with van der Waals surface area (Å²) in [7, 11) is 0. The van der Waals surface area contributed by atoms with Gasteiger partial charge in [0.15, 0.2) is 0 Å². The van der Waals surface area contributed by atoms with Crippen molar-refractivity contribution in [1.82, 2.24) is 0 Å². The third kappa shape index (κ3) is 2.97. The molecule has 2 aliphatic carbocycles. The van der Waals surface area contributed by atoms with Crippen LogP contribution in [0.3, 0.4) is 0 Å². The number of hydrogen-bond donors (Lipinski definition) is 1. The van der Waals surface area contributed by atoms with Crippen LogP contribution in [0.1, 0.15) is 47.5 Å². The van der Waals surface area contributed by atoms with E-state index in [1.807, 2.05) is 19.9 Å². The van der Waals surface area contributed by atoms with E-state index >= 15 is 0 Å². The maximum absolute atomic E-state index is 12.1. The molecule has 0 radical (unpaired) electrons. The van der Waals surface area contributed by atoms with Crippen LogP contribution in [0.15, 0.2) is 11.6 Å². The molecule has 1 N–H and O–H groups in total. The molecule has 4 rings (SSSR count). The molecule has 0 aromatic heterocycles. The van der Waals surface area contributed by atoms with Crippen LogP contribution in [0.5, 0.6) is 0 Å². The summed E-state index contributed by atoms with van der Waals surface area (Å²) < 4.78 is 29.1. The topological polar surface area (TPSA) is 121 Å². The number of fused-ring (bicyclic) bond motifs is 2. The van der Waals surface area contributed by atoms with Gasteiger partial charge in [-0.15, -0.1) is 0 Å². The van der Waals surface area contributed by atoms with E-state index in [0.29, 0.717) is 6.61 Å². The van der Waals surface area contributed by atoms with Crippen LogP contribution in [-0.4, -0.2) is 72.3 Å². The van der Waals surface area contributed by atoms with Gasteiger partial charge in [0, 0.05) is 26.7 Å². The maximum Gasteiger partial charge on any atom is 0.306 e. The van der Waals surface area contributed by atoms with Gasteiger partial charge in [-0.1, -0.05) is 19.9 Å². The Kier molecular flexibility index (Phi) is 5.22. The molecular formula is C22H30O9. The first-order chi connectivity index (χ1) is 14.5. The SMILES string of the molecule is CCC(=O)O[C@H]1C[C@@]2(COC(C)=O)C(C=C1C)OC1[C@H](O)[C@@H](OC(C)=O)C2(C)C12CO2. The predicted octanol–water partition coefficient (Wildman–Crippen LogP) is 1.06. The van der Waals surface area contributed by atoms with Crippen LogP contribution in [0.4, 0.5) is 0 Å². The minimum absolute atomic E-state index is 0.0598. The van der Waals surface area contributed by atoms with Crippen molar-refractivity contribution in [2.24, 2.45) is 10.8 Å². The van der Waals surface area contributed by atoms with Crippen molar-refractivity contribution in [2.45, 2.75) is 83.6 Å². The van der Waals surface area contributed by atoms with Crippen LogP contribution in [0, 0.1) is 10.8 Å². The lowest BCUT2D eigenvalue weighted by molar-refractivity contribution is -0.241. The van der Waals surface area contributed by atoms with Gasteiger partial charge in [0.2, 0.25) is 0 Å². The Bertz CT molecular complexity index is 831. The molecule has 9 heteroatoms. The standard InChI is InChI=1S/C22H30O9/c1-6-16(25)30-14-8-21(9-27-12(3)23)15(7-11(14)2)31-19-17(26)18(29-13(4)24)20(21,5)22(19)10-28-22/h7,14-15,17-19,26H,6,8-10H2,1-5H3/t14-,15?,17+,18+,19?,20?,21+,22?/m0/s1. The first-order valence-corrected chi connectivity index (χ1v) is 10.7. The van der Waals surface area contributed by atoms with Gasteiger partial charge in [0.1, 0.15) is 36.6 Å². The molecule has 2 saturated heterocycles. The van der Waals surface area contributed by atoms with Crippen LogP contribution >= 0.6 is 0 Å². The van der Waals surface area contributed by atoms with Crippen molar-refractivity contribution < 1.29 is 43.2 Å². The molecule has 4 aliphatic rings. The molecule has 2 aliphatic heterocycles. The molecule has 0 aromatic rings. The average molecular weight is 438 g/mol. The van der Waals surface area contributed by atoms with E-state index in [0.717, 1.165) is 5.57 Å². The normalized spacial score (nSPS) is 44.8. The van der Waals surface area contributed by atoms with Crippen LogP contribution < -0.4 is 0 Å². The minimum atomic E-state index is -1.11. The third-order valence-corrected chi connectivity index (χ3v) is 7.72. The van der Waals surface area contributed by atoms with E-state index in [9.17, 15) is 19.5 Å². The second-order valence-corrected chi connectivity index (χ2v) is 9.26. The van der Waals surface area contributed by atoms with Gasteiger partial charge in [0.25, 0.3) is 0 Å². The van der Waals surface area contributed by atoms with Crippen LogP contribution in [0.25, 0.3) is 0 Å². The van der Waals surface area contributed by atoms with Crippen molar-refractivity contribution in [3.8, 4) is 0 Å². The van der Waals surface area contributed by atoms with E-state index in [4.69, 9.17) is 23.7 Å². The number of hydrogen-bond acceptors (Lipinski definition) is 9. The summed E-state index contributed by atoms with van der Waals surface area (Å²) in [6, 6.07) is 0. The zero-order valence-electron chi connectivity index (χ0n) is 18.5. The summed E-state index contributed by atoms with van der Waals surface area (Å²) in [6.45, 7) is 8.32. The molecule has 1 saturated carbocycles. The van der Waals surface area contributed by atoms with E-state index in [-0.39, 0.29) is 25.4 Å². The van der Waals surface area contributed by atoms with Crippen molar-refractivity contribution in [1.29, 1.82) is 0 Å². The Morgan fingerprint density at radius 3 is 2.45 bits per heavy atom. The van der Waals surface area contributed by atoms with Crippen LogP contribution in [0.2, 0.25) is 0 Å². The fraction of sp³-hybridized carbons (Fsp3) is 0.773. The molecule has 172 valence electrons. The zero-order valence-corrected chi connectivity index (χ0v) is 18.5. The molecule has 2 heterocycles. The maximum atomic E-state index is 12.1. The number of carbonyl (C=O) groups is 3. The molecule has 0 aromatic carbocycles. The third-order valence-electron chi connectivity index (χ3n) is 7.72. The van der Waals surface area contributed by atoms with Gasteiger partial charge < -0.3 is 28.8 Å². The number of aliphatic hydroxyl groups excluding tert-OH is 1. The van der Waals surface area contributed by atoms with Gasteiger partial charge >= 0.3 is 17.9 Å². The molecule has 0 amide bonds. The number of carbonyl (C=O) groups excluding carboxylic acids is 3. The first-order valence-electron chi connectivity index (χ1n) is 10.7. The highest BCUT2D eigenvalue weighted by Crippen LogP contribution is 2.72. The first kappa shape index (κ1) is 22.2. The lowest BCUT2D eigenvalue weighted by Crippen LogP contribution is -2.68. The highest BCUT2D eigenvalue weighted by Gasteiger charge is 2.86. The summed E-state index contributed by atoms with van der Waals surface area (Å²) in [4.78, 5) is 35.9. The molecular weight excluding hydrogens is 408 g/mol. The Hall–Kier alpha value is -1.97. The molecule has 8 atom stereocenters. The quantitative estimate of drug-likeness (QED) is 0.291. The summed E-state index contributed by atoms with van der Waals surface area (Å²) in [5.74, 6) is -1.36. The van der Waals surface area contributed by atoms with E-state index in [1.54, 1.807) is 6.92 Å². The van der Waals surface area contributed by atoms with Gasteiger partial charge in [0.05, 0.1) is 23.5 Å². The number of ether oxygens (including phenoxy) is 5. The molecule has 31 heavy (non-hydrogen) atoms. The highest BCUT2D eigenvalue weighted by molar-refractivity contribution is 5.69. The number of rotatable bonds is 5. The lowest BCUT2D eigenvalue weighted by Gasteiger charge is -2.58. The van der Waals surface area contributed by atoms with Crippen molar-refractivity contribution in [3.05, 3.63) is 11.6 Å². The van der Waals surface area contributed by atoms with Crippen LogP contribution in [-0.2, 0) is 38.1 Å². The average Bonchev–Trinajstić information content (AvgIpc) is 3.48. The van der Waals surface area contributed by atoms with Gasteiger partial charge in [-0.3, -0.25) is 14.4 Å². The molecule has 9 nitrogen and oxygen atoms in total. The summed E-state index contributed by atoms with van der Waals surface area (Å²) in [6.07, 6.45) is -1.50. The fourth-order valence-electron chi connectivity index (χ4n) is 5.96. The van der Waals surface area contributed by atoms with Crippen molar-refractivity contribution in [3.63, 3.8) is 0 Å². The molecule has 1 spiro atoms. The Balaban J connectivity index is 1.85. The molecule has 3 fully saturated rings. The smallest absolute Gasteiger partial charge is 0.306 e. The number of esters is 3. The van der Waals surface area contributed by atoms with Gasteiger partial charge in [-0.25, -0.2) is 0 Å². The monoisotopic (exact) mass is 438 g/mol. The van der Waals surface area contributed by atoms with E-state index in [2.05, 4.69) is 0 Å². The fourth-order valence-corrected chi connectivity index (χ4v) is 5.96. The molecule has 4 unspecified atom stereocenters. The van der Waals surface area contributed by atoms with Crippen molar-refractivity contribution in [2.75, 3.05) is 13.2 Å². The van der Waals surface area contributed by atoms with E-state index in [1.165, 1.54) is 13.8 Å². The second-order valence-electron chi connectivity index (χ2n) is 9.26. The highest BCUT2D eigenvalue weighted by atomic mass is 16.7. The zero-order chi connectivity index (χ0) is 22.8. The Morgan fingerprint density at radius 2 is 1.90 bits per heavy atom. The summed E-state index contributed by atoms with van der Waals surface area (Å²) in [5.41, 5.74) is -1.98. The molecule has 2 bridgehead atoms. The van der Waals surface area contributed by atoms with Gasteiger partial charge in [-0.2, -0.15) is 0 Å². The lowest BCUT2D eigenvalue weighted by atomic mass is 9.51. The summed E-state index contributed by atoms with van der Waals surface area (Å²) in [5, 5.41) is 11.1. The second kappa shape index (κ2) is 7.28.